The van der Waals surface area contributed by atoms with E-state index < -0.39 is 0 Å². The summed E-state index contributed by atoms with van der Waals surface area (Å²) in [5.41, 5.74) is 2.08. The highest BCUT2D eigenvalue weighted by Crippen LogP contribution is 2.17. The van der Waals surface area contributed by atoms with Crippen molar-refractivity contribution >= 4 is 40.4 Å². The molecule has 6 nitrogen and oxygen atoms in total. The van der Waals surface area contributed by atoms with Crippen LogP contribution in [0.1, 0.15) is 30.7 Å². The van der Waals surface area contributed by atoms with Crippen LogP contribution in [-0.4, -0.2) is 22.0 Å². The van der Waals surface area contributed by atoms with E-state index in [1.165, 1.54) is 0 Å². The summed E-state index contributed by atoms with van der Waals surface area (Å²) >= 11 is 7.02. The monoisotopic (exact) mass is 386 g/mol. The second kappa shape index (κ2) is 8.07. The summed E-state index contributed by atoms with van der Waals surface area (Å²) in [6.07, 6.45) is 0. The normalized spacial score (nSPS) is 10.4. The third-order valence-corrected chi connectivity index (χ3v) is 4.69. The van der Waals surface area contributed by atoms with Crippen LogP contribution in [0.2, 0.25) is 5.02 Å². The number of hydrogen-bond acceptors (Lipinski definition) is 5. The Morgan fingerprint density at radius 3 is 2.65 bits per heavy atom. The Labute approximate surface area is 159 Å². The number of aryl methyl sites for hydroxylation is 1. The maximum atomic E-state index is 12.2. The molecular formula is C18H15ClN4O2S. The highest BCUT2D eigenvalue weighted by Gasteiger charge is 2.14. The minimum absolute atomic E-state index is 0.191. The maximum Gasteiger partial charge on any atom is 0.286 e. The van der Waals surface area contributed by atoms with Crippen LogP contribution in [0.3, 0.4) is 0 Å². The molecule has 0 spiro atoms. The van der Waals surface area contributed by atoms with E-state index in [2.05, 4.69) is 20.8 Å². The molecule has 0 radical (unpaired) electrons. The van der Waals surface area contributed by atoms with Crippen molar-refractivity contribution in [2.75, 3.05) is 5.32 Å². The summed E-state index contributed by atoms with van der Waals surface area (Å²) in [5.74, 6) is -0.565. The van der Waals surface area contributed by atoms with Gasteiger partial charge in [0.25, 0.3) is 11.8 Å². The first-order valence-electron chi connectivity index (χ1n) is 7.76. The zero-order valence-electron chi connectivity index (χ0n) is 13.8. The Morgan fingerprint density at radius 1 is 1.08 bits per heavy atom. The Hall–Kier alpha value is -2.77. The molecule has 1 aromatic heterocycles. The molecule has 2 N–H and O–H groups in total. The predicted molar refractivity (Wildman–Crippen MR) is 102 cm³/mol. The van der Waals surface area contributed by atoms with Gasteiger partial charge in [0.05, 0.1) is 6.54 Å². The van der Waals surface area contributed by atoms with Gasteiger partial charge in [-0.3, -0.25) is 9.59 Å². The topological polar surface area (TPSA) is 84.0 Å². The van der Waals surface area contributed by atoms with Crippen LogP contribution in [0.4, 0.5) is 5.69 Å². The molecule has 0 saturated carbocycles. The average molecular weight is 387 g/mol. The van der Waals surface area contributed by atoms with Crippen molar-refractivity contribution in [2.45, 2.75) is 13.5 Å². The molecule has 3 aromatic rings. The summed E-state index contributed by atoms with van der Waals surface area (Å²) in [6, 6.07) is 14.2. The van der Waals surface area contributed by atoms with Gasteiger partial charge in [0.2, 0.25) is 5.01 Å². The molecule has 0 aliphatic carbocycles. The van der Waals surface area contributed by atoms with E-state index >= 15 is 0 Å². The van der Waals surface area contributed by atoms with E-state index in [9.17, 15) is 9.59 Å². The quantitative estimate of drug-likeness (QED) is 0.700. The highest BCUT2D eigenvalue weighted by molar-refractivity contribution is 7.13. The molecule has 0 unspecified atom stereocenters. The number of hydrogen-bond donors (Lipinski definition) is 2. The highest BCUT2D eigenvalue weighted by atomic mass is 35.5. The standard InChI is InChI=1S/C18H15ClN4O2S/c1-11-5-2-3-8-14(11)16(24)20-10-15-22-23-18(26-15)17(25)21-13-7-4-6-12(19)9-13/h2-9H,10H2,1H3,(H,20,24)(H,21,25). The molecule has 2 aromatic carbocycles. The van der Waals surface area contributed by atoms with E-state index in [0.29, 0.717) is 21.3 Å². The van der Waals surface area contributed by atoms with Gasteiger partial charge in [0.1, 0.15) is 5.01 Å². The van der Waals surface area contributed by atoms with Gasteiger partial charge in [-0.15, -0.1) is 10.2 Å². The first-order valence-corrected chi connectivity index (χ1v) is 8.95. The van der Waals surface area contributed by atoms with Crippen LogP contribution in [0.5, 0.6) is 0 Å². The van der Waals surface area contributed by atoms with Gasteiger partial charge in [0.15, 0.2) is 0 Å². The van der Waals surface area contributed by atoms with Gasteiger partial charge < -0.3 is 10.6 Å². The average Bonchev–Trinajstić information content (AvgIpc) is 3.09. The summed E-state index contributed by atoms with van der Waals surface area (Å²) in [5, 5.41) is 14.6. The fourth-order valence-electron chi connectivity index (χ4n) is 2.25. The number of carbonyl (C=O) groups is 2. The zero-order valence-corrected chi connectivity index (χ0v) is 15.4. The van der Waals surface area contributed by atoms with Crippen LogP contribution >= 0.6 is 22.9 Å². The summed E-state index contributed by atoms with van der Waals surface area (Å²) in [7, 11) is 0. The molecule has 8 heteroatoms. The second-order valence-corrected chi connectivity index (χ2v) is 6.96. The minimum atomic E-state index is -0.374. The molecule has 2 amide bonds. The minimum Gasteiger partial charge on any atom is -0.345 e. The van der Waals surface area contributed by atoms with Gasteiger partial charge in [-0.2, -0.15) is 0 Å². The third kappa shape index (κ3) is 4.44. The van der Waals surface area contributed by atoms with Crippen molar-refractivity contribution in [3.8, 4) is 0 Å². The SMILES string of the molecule is Cc1ccccc1C(=O)NCc1nnc(C(=O)Nc2cccc(Cl)c2)s1. The largest absolute Gasteiger partial charge is 0.345 e. The summed E-state index contributed by atoms with van der Waals surface area (Å²) in [4.78, 5) is 24.4. The Morgan fingerprint density at radius 2 is 1.88 bits per heavy atom. The second-order valence-electron chi connectivity index (χ2n) is 5.46. The number of anilines is 1. The van der Waals surface area contributed by atoms with Crippen molar-refractivity contribution in [3.63, 3.8) is 0 Å². The molecule has 3 rings (SSSR count). The van der Waals surface area contributed by atoms with Crippen LogP contribution in [0.25, 0.3) is 0 Å². The smallest absolute Gasteiger partial charge is 0.286 e. The molecular weight excluding hydrogens is 372 g/mol. The molecule has 0 aliphatic heterocycles. The number of rotatable bonds is 5. The molecule has 0 saturated heterocycles. The molecule has 0 atom stereocenters. The van der Waals surface area contributed by atoms with Gasteiger partial charge >= 0.3 is 0 Å². The number of benzene rings is 2. The molecule has 0 bridgehead atoms. The van der Waals surface area contributed by atoms with Crippen molar-refractivity contribution < 1.29 is 9.59 Å². The fraction of sp³-hybridized carbons (Fsp3) is 0.111. The summed E-state index contributed by atoms with van der Waals surface area (Å²) in [6.45, 7) is 2.08. The van der Waals surface area contributed by atoms with Crippen molar-refractivity contribution in [3.05, 3.63) is 74.7 Å². The maximum absolute atomic E-state index is 12.2. The third-order valence-electron chi connectivity index (χ3n) is 3.53. The summed E-state index contributed by atoms with van der Waals surface area (Å²) < 4.78 is 0. The molecule has 1 heterocycles. The lowest BCUT2D eigenvalue weighted by Gasteiger charge is -2.05. The van der Waals surface area contributed by atoms with Crippen LogP contribution < -0.4 is 10.6 Å². The van der Waals surface area contributed by atoms with Gasteiger partial charge in [-0.1, -0.05) is 47.2 Å². The van der Waals surface area contributed by atoms with Crippen molar-refractivity contribution in [2.24, 2.45) is 0 Å². The first kappa shape index (κ1) is 18.0. The van der Waals surface area contributed by atoms with E-state index in [1.807, 2.05) is 25.1 Å². The van der Waals surface area contributed by atoms with E-state index in [-0.39, 0.29) is 23.4 Å². The molecule has 0 fully saturated rings. The number of nitrogens with one attached hydrogen (secondary N) is 2. The molecule has 26 heavy (non-hydrogen) atoms. The van der Waals surface area contributed by atoms with E-state index in [0.717, 1.165) is 16.9 Å². The van der Waals surface area contributed by atoms with Crippen LogP contribution in [0, 0.1) is 6.92 Å². The lowest BCUT2D eigenvalue weighted by molar-refractivity contribution is 0.0949. The number of nitrogens with zero attached hydrogens (tertiary/aromatic N) is 2. The van der Waals surface area contributed by atoms with Crippen molar-refractivity contribution in [1.29, 1.82) is 0 Å². The predicted octanol–water partition coefficient (Wildman–Crippen LogP) is 3.68. The fourth-order valence-corrected chi connectivity index (χ4v) is 3.11. The Kier molecular flexibility index (Phi) is 5.60. The molecule has 132 valence electrons. The number of amides is 2. The lowest BCUT2D eigenvalue weighted by atomic mass is 10.1. The van der Waals surface area contributed by atoms with Gasteiger partial charge in [-0.25, -0.2) is 0 Å². The lowest BCUT2D eigenvalue weighted by Crippen LogP contribution is -2.23. The number of aromatic nitrogens is 2. The Balaban J connectivity index is 1.60. The van der Waals surface area contributed by atoms with Crippen molar-refractivity contribution in [1.82, 2.24) is 15.5 Å². The number of carbonyl (C=O) groups excluding carboxylic acids is 2. The Bertz CT molecular complexity index is 958. The van der Waals surface area contributed by atoms with Crippen LogP contribution in [-0.2, 0) is 6.54 Å². The number of halogens is 1. The van der Waals surface area contributed by atoms with Crippen LogP contribution in [0.15, 0.2) is 48.5 Å². The van der Waals surface area contributed by atoms with Gasteiger partial charge in [-0.05, 0) is 36.8 Å². The first-order chi connectivity index (χ1) is 12.5. The van der Waals surface area contributed by atoms with E-state index in [4.69, 9.17) is 11.6 Å². The zero-order chi connectivity index (χ0) is 18.5. The van der Waals surface area contributed by atoms with Gasteiger partial charge in [0, 0.05) is 16.3 Å². The van der Waals surface area contributed by atoms with E-state index in [1.54, 1.807) is 30.3 Å². The molecule has 0 aliphatic rings.